The van der Waals surface area contributed by atoms with Gasteiger partial charge in [0.1, 0.15) is 0 Å². The van der Waals surface area contributed by atoms with Gasteiger partial charge in [0.05, 0.1) is 6.04 Å². The topological polar surface area (TPSA) is 87.5 Å². The van der Waals surface area contributed by atoms with Gasteiger partial charge in [0.15, 0.2) is 0 Å². The van der Waals surface area contributed by atoms with E-state index in [1.54, 1.807) is 26.1 Å². The predicted molar refractivity (Wildman–Crippen MR) is 85.0 cm³/mol. The first-order valence-corrected chi connectivity index (χ1v) is 6.93. The average Bonchev–Trinajstić information content (AvgIpc) is 2.47. The van der Waals surface area contributed by atoms with Crippen molar-refractivity contribution in [1.29, 1.82) is 0 Å². The van der Waals surface area contributed by atoms with E-state index >= 15 is 0 Å². The maximum absolute atomic E-state index is 12.2. The predicted octanol–water partition coefficient (Wildman–Crippen LogP) is 0.972. The molecule has 2 amide bonds. The molecule has 0 radical (unpaired) electrons. The van der Waals surface area contributed by atoms with Crippen LogP contribution in [0.1, 0.15) is 18.9 Å². The highest BCUT2D eigenvalue weighted by molar-refractivity contribution is 5.95. The summed E-state index contributed by atoms with van der Waals surface area (Å²) in [4.78, 5) is 25.3. The van der Waals surface area contributed by atoms with Crippen LogP contribution in [-0.2, 0) is 9.59 Å². The Labute approximate surface area is 125 Å². The van der Waals surface area contributed by atoms with Crippen molar-refractivity contribution in [2.75, 3.05) is 31.7 Å². The Hall–Kier alpha value is -2.08. The van der Waals surface area contributed by atoms with E-state index in [2.05, 4.69) is 10.6 Å². The first-order valence-electron chi connectivity index (χ1n) is 6.93. The monoisotopic (exact) mass is 292 g/mol. The lowest BCUT2D eigenvalue weighted by molar-refractivity contribution is -0.123. The van der Waals surface area contributed by atoms with Gasteiger partial charge in [-0.1, -0.05) is 6.07 Å². The molecule has 1 aromatic carbocycles. The second-order valence-electron chi connectivity index (χ2n) is 5.14. The van der Waals surface area contributed by atoms with E-state index in [4.69, 9.17) is 5.73 Å². The third-order valence-electron chi connectivity index (χ3n) is 3.53. The van der Waals surface area contributed by atoms with Gasteiger partial charge in [-0.2, -0.15) is 0 Å². The third-order valence-corrected chi connectivity index (χ3v) is 3.53. The molecule has 0 aromatic heterocycles. The third kappa shape index (κ3) is 5.07. The zero-order chi connectivity index (χ0) is 16.0. The molecule has 4 N–H and O–H groups in total. The largest absolute Gasteiger partial charge is 0.399 e. The van der Waals surface area contributed by atoms with Gasteiger partial charge in [-0.05, 0) is 38.6 Å². The summed E-state index contributed by atoms with van der Waals surface area (Å²) in [6.07, 6.45) is 0.363. The number of aryl methyl sites for hydroxylation is 1. The Morgan fingerprint density at radius 2 is 2.05 bits per heavy atom. The number of hydrogen-bond donors (Lipinski definition) is 3. The zero-order valence-corrected chi connectivity index (χ0v) is 13.1. The lowest BCUT2D eigenvalue weighted by Crippen LogP contribution is -2.41. The Morgan fingerprint density at radius 3 is 2.67 bits per heavy atom. The standard InChI is InChI=1S/C15H24N4O2/c1-10-5-6-12(16)9-13(10)18-15(21)11(2)19(4)8-7-14(20)17-3/h5-6,9,11H,7-8,16H2,1-4H3,(H,17,20)(H,18,21). The van der Waals surface area contributed by atoms with Crippen LogP contribution in [0.5, 0.6) is 0 Å². The van der Waals surface area contributed by atoms with Crippen molar-refractivity contribution in [3.05, 3.63) is 23.8 Å². The molecular formula is C15H24N4O2. The van der Waals surface area contributed by atoms with Crippen LogP contribution in [0, 0.1) is 6.92 Å². The highest BCUT2D eigenvalue weighted by Gasteiger charge is 2.19. The summed E-state index contributed by atoms with van der Waals surface area (Å²) in [5.41, 5.74) is 8.01. The number of nitrogens with two attached hydrogens (primary N) is 1. The van der Waals surface area contributed by atoms with E-state index in [0.29, 0.717) is 24.3 Å². The molecular weight excluding hydrogens is 268 g/mol. The van der Waals surface area contributed by atoms with Crippen LogP contribution in [0.2, 0.25) is 0 Å². The molecule has 1 atom stereocenters. The summed E-state index contributed by atoms with van der Waals surface area (Å²) < 4.78 is 0. The van der Waals surface area contributed by atoms with Crippen molar-refractivity contribution >= 4 is 23.2 Å². The van der Waals surface area contributed by atoms with Crippen LogP contribution in [0.4, 0.5) is 11.4 Å². The number of anilines is 2. The van der Waals surface area contributed by atoms with Gasteiger partial charge < -0.3 is 16.4 Å². The second kappa shape index (κ2) is 7.64. The molecule has 0 saturated carbocycles. The summed E-state index contributed by atoms with van der Waals surface area (Å²) in [5.74, 6) is -0.163. The minimum Gasteiger partial charge on any atom is -0.399 e. The van der Waals surface area contributed by atoms with Crippen LogP contribution in [-0.4, -0.2) is 43.4 Å². The van der Waals surface area contributed by atoms with E-state index in [0.717, 1.165) is 5.56 Å². The van der Waals surface area contributed by atoms with Crippen LogP contribution in [0.15, 0.2) is 18.2 Å². The number of nitrogen functional groups attached to an aromatic ring is 1. The van der Waals surface area contributed by atoms with Crippen LogP contribution < -0.4 is 16.4 Å². The molecule has 0 aliphatic carbocycles. The SMILES string of the molecule is CNC(=O)CCN(C)C(C)C(=O)Nc1cc(N)ccc1C. The van der Waals surface area contributed by atoms with Crippen molar-refractivity contribution in [2.45, 2.75) is 26.3 Å². The Kier molecular flexibility index (Phi) is 6.17. The number of hydrogen-bond acceptors (Lipinski definition) is 4. The fourth-order valence-electron chi connectivity index (χ4n) is 1.81. The van der Waals surface area contributed by atoms with Gasteiger partial charge in [-0.25, -0.2) is 0 Å². The molecule has 1 aromatic rings. The molecule has 0 bridgehead atoms. The molecule has 0 spiro atoms. The lowest BCUT2D eigenvalue weighted by atomic mass is 10.1. The smallest absolute Gasteiger partial charge is 0.241 e. The molecule has 0 fully saturated rings. The van der Waals surface area contributed by atoms with E-state index in [-0.39, 0.29) is 17.9 Å². The molecule has 0 heterocycles. The summed E-state index contributed by atoms with van der Waals surface area (Å²) >= 11 is 0. The van der Waals surface area contributed by atoms with Crippen molar-refractivity contribution in [3.63, 3.8) is 0 Å². The number of likely N-dealkylation sites (N-methyl/N-ethyl adjacent to an activating group) is 1. The summed E-state index contributed by atoms with van der Waals surface area (Å²) in [6, 6.07) is 5.06. The fourth-order valence-corrected chi connectivity index (χ4v) is 1.81. The van der Waals surface area contributed by atoms with Gasteiger partial charge in [0.2, 0.25) is 11.8 Å². The van der Waals surface area contributed by atoms with Crippen molar-refractivity contribution in [1.82, 2.24) is 10.2 Å². The normalized spacial score (nSPS) is 12.0. The summed E-state index contributed by atoms with van der Waals surface area (Å²) in [7, 11) is 3.42. The number of nitrogens with zero attached hydrogens (tertiary/aromatic N) is 1. The van der Waals surface area contributed by atoms with E-state index in [1.807, 2.05) is 24.9 Å². The van der Waals surface area contributed by atoms with Crippen molar-refractivity contribution < 1.29 is 9.59 Å². The molecule has 1 rings (SSSR count). The summed E-state index contributed by atoms with van der Waals surface area (Å²) in [5, 5.41) is 5.43. The zero-order valence-electron chi connectivity index (χ0n) is 13.1. The Balaban J connectivity index is 2.61. The van der Waals surface area contributed by atoms with Crippen LogP contribution in [0.3, 0.4) is 0 Å². The molecule has 6 nitrogen and oxygen atoms in total. The summed E-state index contributed by atoms with van der Waals surface area (Å²) in [6.45, 7) is 4.24. The van der Waals surface area contributed by atoms with Gasteiger partial charge in [0, 0.05) is 31.4 Å². The molecule has 6 heteroatoms. The minimum atomic E-state index is -0.338. The van der Waals surface area contributed by atoms with E-state index < -0.39 is 0 Å². The molecule has 0 saturated heterocycles. The number of amides is 2. The minimum absolute atomic E-state index is 0.0406. The number of rotatable bonds is 6. The Morgan fingerprint density at radius 1 is 1.38 bits per heavy atom. The van der Waals surface area contributed by atoms with E-state index in [1.165, 1.54) is 0 Å². The highest BCUT2D eigenvalue weighted by Crippen LogP contribution is 2.18. The lowest BCUT2D eigenvalue weighted by Gasteiger charge is -2.24. The highest BCUT2D eigenvalue weighted by atomic mass is 16.2. The van der Waals surface area contributed by atoms with Crippen LogP contribution in [0.25, 0.3) is 0 Å². The van der Waals surface area contributed by atoms with Gasteiger partial charge >= 0.3 is 0 Å². The molecule has 21 heavy (non-hydrogen) atoms. The average molecular weight is 292 g/mol. The number of nitrogens with one attached hydrogen (secondary N) is 2. The molecule has 1 unspecified atom stereocenters. The number of carbonyl (C=O) groups excluding carboxylic acids is 2. The molecule has 0 aliphatic rings. The van der Waals surface area contributed by atoms with Crippen molar-refractivity contribution in [3.8, 4) is 0 Å². The quantitative estimate of drug-likeness (QED) is 0.682. The van der Waals surface area contributed by atoms with E-state index in [9.17, 15) is 9.59 Å². The number of carbonyl (C=O) groups is 2. The fraction of sp³-hybridized carbons (Fsp3) is 0.467. The van der Waals surface area contributed by atoms with Gasteiger partial charge in [-0.15, -0.1) is 0 Å². The van der Waals surface area contributed by atoms with Gasteiger partial charge in [0.25, 0.3) is 0 Å². The van der Waals surface area contributed by atoms with Crippen molar-refractivity contribution in [2.24, 2.45) is 0 Å². The van der Waals surface area contributed by atoms with Crippen LogP contribution >= 0.6 is 0 Å². The van der Waals surface area contributed by atoms with Gasteiger partial charge in [-0.3, -0.25) is 14.5 Å². The second-order valence-corrected chi connectivity index (χ2v) is 5.14. The first kappa shape index (κ1) is 17.0. The molecule has 0 aliphatic heterocycles. The number of benzene rings is 1. The maximum atomic E-state index is 12.2. The Bertz CT molecular complexity index is 516. The molecule has 116 valence electrons. The maximum Gasteiger partial charge on any atom is 0.241 e. The first-order chi connectivity index (χ1) is 9.85.